The van der Waals surface area contributed by atoms with E-state index >= 15 is 0 Å². The van der Waals surface area contributed by atoms with Gasteiger partial charge in [0.15, 0.2) is 5.69 Å². The summed E-state index contributed by atoms with van der Waals surface area (Å²) in [5.74, 6) is -0.774. The first-order valence-corrected chi connectivity index (χ1v) is 6.70. The number of amides is 1. The second kappa shape index (κ2) is 6.35. The molecule has 0 atom stereocenters. The second-order valence-electron chi connectivity index (χ2n) is 4.26. The van der Waals surface area contributed by atoms with Crippen LogP contribution in [0.2, 0.25) is 0 Å². The molecule has 22 heavy (non-hydrogen) atoms. The zero-order chi connectivity index (χ0) is 16.3. The van der Waals surface area contributed by atoms with Crippen molar-refractivity contribution in [2.75, 3.05) is 0 Å². The van der Waals surface area contributed by atoms with Crippen molar-refractivity contribution in [3.8, 4) is 5.75 Å². The first-order valence-electron chi connectivity index (χ1n) is 5.91. The van der Waals surface area contributed by atoms with Crippen molar-refractivity contribution in [1.29, 1.82) is 0 Å². The summed E-state index contributed by atoms with van der Waals surface area (Å²) in [6, 6.07) is 3.83. The number of aromatic amines is 1. The van der Waals surface area contributed by atoms with Gasteiger partial charge in [-0.3, -0.25) is 20.0 Å². The zero-order valence-corrected chi connectivity index (χ0v) is 12.8. The number of carbonyl (C=O) groups excluding carboxylic acids is 1. The third kappa shape index (κ3) is 3.47. The second-order valence-corrected chi connectivity index (χ2v) is 5.11. The van der Waals surface area contributed by atoms with Crippen LogP contribution in [0.4, 0.5) is 5.69 Å². The van der Waals surface area contributed by atoms with Crippen LogP contribution in [0.5, 0.6) is 5.75 Å². The average molecular weight is 368 g/mol. The van der Waals surface area contributed by atoms with E-state index in [2.05, 4.69) is 36.7 Å². The van der Waals surface area contributed by atoms with Crippen molar-refractivity contribution in [3.63, 3.8) is 0 Å². The molecule has 0 spiro atoms. The Hall–Kier alpha value is -2.75. The van der Waals surface area contributed by atoms with Crippen LogP contribution in [-0.2, 0) is 0 Å². The molecule has 3 N–H and O–H groups in total. The number of halogens is 1. The van der Waals surface area contributed by atoms with Gasteiger partial charge in [-0.25, -0.2) is 5.43 Å². The summed E-state index contributed by atoms with van der Waals surface area (Å²) >= 11 is 3.01. The quantitative estimate of drug-likeness (QED) is 0.430. The number of nitrogens with one attached hydrogen (secondary N) is 2. The molecule has 9 nitrogen and oxygen atoms in total. The summed E-state index contributed by atoms with van der Waals surface area (Å²) in [7, 11) is 0. The van der Waals surface area contributed by atoms with Crippen LogP contribution in [0.3, 0.4) is 0 Å². The van der Waals surface area contributed by atoms with Crippen molar-refractivity contribution in [1.82, 2.24) is 15.6 Å². The number of H-pyrrole nitrogens is 1. The predicted octanol–water partition coefficient (Wildman–Crippen LogP) is 1.86. The Morgan fingerprint density at radius 3 is 2.86 bits per heavy atom. The maximum absolute atomic E-state index is 11.7. The summed E-state index contributed by atoms with van der Waals surface area (Å²) in [5, 5.41) is 30.6. The van der Waals surface area contributed by atoms with E-state index in [1.54, 1.807) is 6.92 Å². The van der Waals surface area contributed by atoms with E-state index in [1.165, 1.54) is 6.07 Å². The molecule has 1 amide bonds. The maximum atomic E-state index is 11.7. The lowest BCUT2D eigenvalue weighted by Crippen LogP contribution is -2.18. The molecule has 10 heteroatoms. The van der Waals surface area contributed by atoms with E-state index in [9.17, 15) is 20.0 Å². The fourth-order valence-electron chi connectivity index (χ4n) is 1.56. The molecule has 1 aromatic carbocycles. The molecule has 114 valence electrons. The van der Waals surface area contributed by atoms with E-state index in [0.717, 1.165) is 24.0 Å². The van der Waals surface area contributed by atoms with Crippen LogP contribution in [0.1, 0.15) is 21.7 Å². The molecular formula is C12H10BrN5O4. The molecule has 0 saturated carbocycles. The Morgan fingerprint density at radius 2 is 2.27 bits per heavy atom. The van der Waals surface area contributed by atoms with E-state index in [1.807, 2.05) is 0 Å². The maximum Gasteiger partial charge on any atom is 0.291 e. The smallest absolute Gasteiger partial charge is 0.291 e. The van der Waals surface area contributed by atoms with E-state index in [-0.39, 0.29) is 27.2 Å². The monoisotopic (exact) mass is 367 g/mol. The van der Waals surface area contributed by atoms with Crippen molar-refractivity contribution in [3.05, 3.63) is 49.7 Å². The fourth-order valence-corrected chi connectivity index (χ4v) is 2.02. The lowest BCUT2D eigenvalue weighted by atomic mass is 10.2. The van der Waals surface area contributed by atoms with E-state index in [0.29, 0.717) is 0 Å². The summed E-state index contributed by atoms with van der Waals surface area (Å²) in [4.78, 5) is 21.8. The Kier molecular flexibility index (Phi) is 4.51. The molecule has 0 fully saturated rings. The minimum absolute atomic E-state index is 0.0829. The standard InChI is InChI=1S/C12H10BrN5O4/c1-6-2-10(16-15-6)12(20)17-14-5-7-3-8(18(21)22)4-9(13)11(7)19/h2-5,19H,1H3,(H,15,16)(H,17,20)/b14-5+. The van der Waals surface area contributed by atoms with Gasteiger partial charge in [-0.05, 0) is 28.9 Å². The number of aryl methyl sites for hydroxylation is 1. The van der Waals surface area contributed by atoms with Gasteiger partial charge in [0, 0.05) is 23.4 Å². The molecule has 0 unspecified atom stereocenters. The summed E-state index contributed by atoms with van der Waals surface area (Å²) in [5.41, 5.74) is 2.94. The molecule has 0 aliphatic rings. The Balaban J connectivity index is 2.16. The molecule has 2 rings (SSSR count). The number of carbonyl (C=O) groups is 1. The number of hydrogen-bond acceptors (Lipinski definition) is 6. The molecule has 0 aliphatic heterocycles. The Bertz CT molecular complexity index is 771. The highest BCUT2D eigenvalue weighted by molar-refractivity contribution is 9.10. The van der Waals surface area contributed by atoms with Gasteiger partial charge >= 0.3 is 0 Å². The molecular weight excluding hydrogens is 358 g/mol. The van der Waals surface area contributed by atoms with Gasteiger partial charge in [0.05, 0.1) is 15.6 Å². The highest BCUT2D eigenvalue weighted by Crippen LogP contribution is 2.31. The molecule has 2 aromatic rings. The Labute approximate surface area is 132 Å². The summed E-state index contributed by atoms with van der Waals surface area (Å²) in [6.45, 7) is 1.74. The van der Waals surface area contributed by atoms with Crippen molar-refractivity contribution >= 4 is 33.7 Å². The van der Waals surface area contributed by atoms with Crippen molar-refractivity contribution in [2.24, 2.45) is 5.10 Å². The van der Waals surface area contributed by atoms with Crippen LogP contribution in [0, 0.1) is 17.0 Å². The van der Waals surface area contributed by atoms with Gasteiger partial charge < -0.3 is 5.11 Å². The summed E-state index contributed by atoms with van der Waals surface area (Å²) in [6.07, 6.45) is 1.10. The largest absolute Gasteiger partial charge is 0.506 e. The van der Waals surface area contributed by atoms with Gasteiger partial charge in [-0.15, -0.1) is 0 Å². The first kappa shape index (κ1) is 15.6. The number of rotatable bonds is 4. The number of benzene rings is 1. The van der Waals surface area contributed by atoms with Gasteiger partial charge in [0.25, 0.3) is 11.6 Å². The van der Waals surface area contributed by atoms with Gasteiger partial charge in [0.1, 0.15) is 5.75 Å². The van der Waals surface area contributed by atoms with Gasteiger partial charge in [-0.2, -0.15) is 10.2 Å². The van der Waals surface area contributed by atoms with Gasteiger partial charge in [-0.1, -0.05) is 0 Å². The minimum atomic E-state index is -0.605. The molecule has 0 aliphatic carbocycles. The topological polar surface area (TPSA) is 134 Å². The number of aromatic nitrogens is 2. The SMILES string of the molecule is Cc1cc(C(=O)N/N=C/c2cc([N+](=O)[O-])cc(Br)c2O)n[nH]1. The highest BCUT2D eigenvalue weighted by atomic mass is 79.9. The van der Waals surface area contributed by atoms with Crippen LogP contribution >= 0.6 is 15.9 Å². The molecule has 0 saturated heterocycles. The van der Waals surface area contributed by atoms with Crippen LogP contribution < -0.4 is 5.43 Å². The number of hydrazone groups is 1. The van der Waals surface area contributed by atoms with E-state index in [4.69, 9.17) is 0 Å². The third-order valence-corrected chi connectivity index (χ3v) is 3.20. The van der Waals surface area contributed by atoms with Gasteiger partial charge in [0.2, 0.25) is 0 Å². The third-order valence-electron chi connectivity index (χ3n) is 2.60. The van der Waals surface area contributed by atoms with Crippen molar-refractivity contribution < 1.29 is 14.8 Å². The average Bonchev–Trinajstić information content (AvgIpc) is 2.89. The minimum Gasteiger partial charge on any atom is -0.506 e. The summed E-state index contributed by atoms with van der Waals surface area (Å²) < 4.78 is 0.150. The predicted molar refractivity (Wildman–Crippen MR) is 80.8 cm³/mol. The number of nitrogens with zero attached hydrogens (tertiary/aromatic N) is 3. The van der Waals surface area contributed by atoms with Crippen LogP contribution in [0.15, 0.2) is 27.8 Å². The molecule has 0 bridgehead atoms. The first-order chi connectivity index (χ1) is 10.4. The molecule has 0 radical (unpaired) electrons. The zero-order valence-electron chi connectivity index (χ0n) is 11.2. The number of nitro benzene ring substituents is 1. The van der Waals surface area contributed by atoms with Crippen molar-refractivity contribution in [2.45, 2.75) is 6.92 Å². The number of aromatic hydroxyl groups is 1. The molecule has 1 aromatic heterocycles. The number of non-ortho nitro benzene ring substituents is 1. The number of phenols is 1. The fraction of sp³-hybridized carbons (Fsp3) is 0.0833. The number of hydrogen-bond donors (Lipinski definition) is 3. The van der Waals surface area contributed by atoms with Crippen LogP contribution in [-0.4, -0.2) is 32.3 Å². The van der Waals surface area contributed by atoms with E-state index < -0.39 is 10.8 Å². The Morgan fingerprint density at radius 1 is 1.55 bits per heavy atom. The highest BCUT2D eigenvalue weighted by Gasteiger charge is 2.14. The number of nitro groups is 1. The molecule has 1 heterocycles. The van der Waals surface area contributed by atoms with Crippen LogP contribution in [0.25, 0.3) is 0 Å². The normalized spacial score (nSPS) is 10.8. The lowest BCUT2D eigenvalue weighted by Gasteiger charge is -2.02. The number of phenolic OH excluding ortho intramolecular Hbond substituents is 1. The lowest BCUT2D eigenvalue weighted by molar-refractivity contribution is -0.385.